The second-order valence-corrected chi connectivity index (χ2v) is 5.65. The minimum absolute atomic E-state index is 0.0237. The summed E-state index contributed by atoms with van der Waals surface area (Å²) in [6.07, 6.45) is -1.11. The summed E-state index contributed by atoms with van der Waals surface area (Å²) in [5.74, 6) is 0.0619. The quantitative estimate of drug-likeness (QED) is 0.575. The molecule has 2 aromatic rings. The maximum atomic E-state index is 11.1. The van der Waals surface area contributed by atoms with Crippen molar-refractivity contribution in [2.45, 2.75) is 27.7 Å². The fourth-order valence-electron chi connectivity index (χ4n) is 2.34. The zero-order valence-electron chi connectivity index (χ0n) is 14.7. The number of benzene rings is 2. The number of ketones is 2. The number of carbonyl (C=O) groups excluding carboxylic acids is 2. The zero-order valence-corrected chi connectivity index (χ0v) is 14.7. The number of hydrogen-bond acceptors (Lipinski definition) is 4. The number of amides is 1. The molecule has 2 rings (SSSR count). The first kappa shape index (κ1) is 19.9. The van der Waals surface area contributed by atoms with Crippen LogP contribution in [0.2, 0.25) is 0 Å². The first-order valence-electron chi connectivity index (χ1n) is 7.60. The molecule has 2 aromatic carbocycles. The normalized spacial score (nSPS) is 9.60. The highest BCUT2D eigenvalue weighted by Gasteiger charge is 2.05. The smallest absolute Gasteiger partial charge is 0.409 e. The highest BCUT2D eigenvalue weighted by Crippen LogP contribution is 2.15. The molecule has 0 bridgehead atoms. The fourth-order valence-corrected chi connectivity index (χ4v) is 2.34. The number of rotatable bonds is 3. The molecule has 25 heavy (non-hydrogen) atoms. The van der Waals surface area contributed by atoms with Gasteiger partial charge in [0, 0.05) is 22.5 Å². The van der Waals surface area contributed by atoms with Gasteiger partial charge in [-0.05, 0) is 75.2 Å². The Morgan fingerprint density at radius 1 is 0.880 bits per heavy atom. The van der Waals surface area contributed by atoms with Gasteiger partial charge in [-0.3, -0.25) is 14.9 Å². The Labute approximate surface area is 146 Å². The lowest BCUT2D eigenvalue weighted by Gasteiger charge is -2.05. The van der Waals surface area contributed by atoms with Gasteiger partial charge in [0.2, 0.25) is 0 Å². The van der Waals surface area contributed by atoms with Crippen LogP contribution in [0.25, 0.3) is 0 Å². The SMILES string of the molecule is CC(=O)c1ccc(N)cc1C.CC(=O)c1ccc(NC(=O)O)cc1C. The van der Waals surface area contributed by atoms with Gasteiger partial charge in [0.15, 0.2) is 11.6 Å². The molecule has 0 saturated carbocycles. The fraction of sp³-hybridized carbons (Fsp3) is 0.211. The molecule has 0 aromatic heterocycles. The molecule has 0 saturated heterocycles. The third kappa shape index (κ3) is 6.10. The number of aryl methyl sites for hydroxylation is 2. The van der Waals surface area contributed by atoms with Gasteiger partial charge in [-0.25, -0.2) is 4.79 Å². The Kier molecular flexibility index (Phi) is 6.87. The van der Waals surface area contributed by atoms with E-state index >= 15 is 0 Å². The Morgan fingerprint density at radius 3 is 1.76 bits per heavy atom. The third-order valence-corrected chi connectivity index (χ3v) is 3.49. The van der Waals surface area contributed by atoms with E-state index in [2.05, 4.69) is 5.32 Å². The molecule has 0 aliphatic heterocycles. The number of Topliss-reactive ketones (excluding diaryl/α,β-unsaturated/α-hetero) is 2. The van der Waals surface area contributed by atoms with Gasteiger partial charge in [0.1, 0.15) is 0 Å². The lowest BCUT2D eigenvalue weighted by atomic mass is 10.1. The number of nitrogen functional groups attached to an aromatic ring is 1. The van der Waals surface area contributed by atoms with E-state index < -0.39 is 6.09 Å². The number of hydrogen-bond donors (Lipinski definition) is 3. The van der Waals surface area contributed by atoms with Gasteiger partial charge in [0.05, 0.1) is 0 Å². The van der Waals surface area contributed by atoms with Crippen LogP contribution in [0.1, 0.15) is 45.7 Å². The minimum Gasteiger partial charge on any atom is -0.465 e. The summed E-state index contributed by atoms with van der Waals surface area (Å²) in [4.78, 5) is 32.3. The van der Waals surface area contributed by atoms with Gasteiger partial charge in [0.25, 0.3) is 0 Å². The van der Waals surface area contributed by atoms with Gasteiger partial charge >= 0.3 is 6.09 Å². The molecule has 0 fully saturated rings. The molecule has 4 N–H and O–H groups in total. The molecule has 6 heteroatoms. The lowest BCUT2D eigenvalue weighted by Crippen LogP contribution is -2.08. The summed E-state index contributed by atoms with van der Waals surface area (Å²) in [5, 5.41) is 10.7. The van der Waals surface area contributed by atoms with Crippen LogP contribution in [0.15, 0.2) is 36.4 Å². The van der Waals surface area contributed by atoms with E-state index in [1.807, 2.05) is 6.92 Å². The molecule has 1 amide bonds. The summed E-state index contributed by atoms with van der Waals surface area (Å²) in [6, 6.07) is 10.1. The van der Waals surface area contributed by atoms with Crippen molar-refractivity contribution in [2.24, 2.45) is 0 Å². The van der Waals surface area contributed by atoms with Crippen molar-refractivity contribution in [2.75, 3.05) is 11.1 Å². The monoisotopic (exact) mass is 342 g/mol. The zero-order chi connectivity index (χ0) is 19.1. The Morgan fingerprint density at radius 2 is 1.36 bits per heavy atom. The summed E-state index contributed by atoms with van der Waals surface area (Å²) < 4.78 is 0. The molecule has 132 valence electrons. The number of nitrogens with one attached hydrogen (secondary N) is 1. The van der Waals surface area contributed by atoms with Crippen molar-refractivity contribution in [3.8, 4) is 0 Å². The van der Waals surface area contributed by atoms with Crippen molar-refractivity contribution in [3.63, 3.8) is 0 Å². The second kappa shape index (κ2) is 8.63. The topological polar surface area (TPSA) is 109 Å². The number of anilines is 2. The lowest BCUT2D eigenvalue weighted by molar-refractivity contribution is 0.100. The van der Waals surface area contributed by atoms with Gasteiger partial charge in [-0.2, -0.15) is 0 Å². The van der Waals surface area contributed by atoms with E-state index in [0.717, 1.165) is 16.7 Å². The van der Waals surface area contributed by atoms with Crippen LogP contribution in [0.5, 0.6) is 0 Å². The van der Waals surface area contributed by atoms with Crippen LogP contribution < -0.4 is 11.1 Å². The first-order valence-corrected chi connectivity index (χ1v) is 7.60. The molecule has 0 atom stereocenters. The predicted molar refractivity (Wildman–Crippen MR) is 98.4 cm³/mol. The first-order chi connectivity index (χ1) is 11.6. The van der Waals surface area contributed by atoms with E-state index in [1.54, 1.807) is 50.2 Å². The molecular weight excluding hydrogens is 320 g/mol. The summed E-state index contributed by atoms with van der Waals surface area (Å²) in [5.41, 5.74) is 9.76. The second-order valence-electron chi connectivity index (χ2n) is 5.65. The molecule has 6 nitrogen and oxygen atoms in total. The molecular formula is C19H22N2O4. The molecule has 0 heterocycles. The van der Waals surface area contributed by atoms with Crippen LogP contribution in [0, 0.1) is 13.8 Å². The van der Waals surface area contributed by atoms with Crippen molar-refractivity contribution in [1.82, 2.24) is 0 Å². The van der Waals surface area contributed by atoms with E-state index in [9.17, 15) is 14.4 Å². The molecule has 0 aliphatic rings. The highest BCUT2D eigenvalue weighted by molar-refractivity contribution is 5.96. The Hall–Kier alpha value is -3.15. The maximum absolute atomic E-state index is 11.1. The minimum atomic E-state index is -1.11. The predicted octanol–water partition coefficient (Wildman–Crippen LogP) is 4.07. The molecule has 0 radical (unpaired) electrons. The standard InChI is InChI=1S/C10H11NO3.C9H11NO/c1-6-5-8(11-10(13)14)3-4-9(6)7(2)12;1-6-5-8(10)3-4-9(6)7(2)11/h3-5,11H,1-2H3,(H,13,14);3-5H,10H2,1-2H3. The van der Waals surface area contributed by atoms with Crippen molar-refractivity contribution in [3.05, 3.63) is 58.7 Å². The van der Waals surface area contributed by atoms with Crippen LogP contribution >= 0.6 is 0 Å². The van der Waals surface area contributed by atoms with Crippen molar-refractivity contribution in [1.29, 1.82) is 0 Å². The number of carbonyl (C=O) groups is 3. The van der Waals surface area contributed by atoms with Crippen LogP contribution in [0.4, 0.5) is 16.2 Å². The number of carboxylic acid groups (broad SMARTS) is 1. The average molecular weight is 342 g/mol. The Bertz CT molecular complexity index is 813. The van der Waals surface area contributed by atoms with Crippen molar-refractivity contribution < 1.29 is 19.5 Å². The van der Waals surface area contributed by atoms with Crippen LogP contribution in [-0.4, -0.2) is 22.8 Å². The third-order valence-electron chi connectivity index (χ3n) is 3.49. The van der Waals surface area contributed by atoms with E-state index in [4.69, 9.17) is 10.8 Å². The number of nitrogens with two attached hydrogens (primary N) is 1. The molecule has 0 aliphatic carbocycles. The summed E-state index contributed by atoms with van der Waals surface area (Å²) in [6.45, 7) is 6.68. The van der Waals surface area contributed by atoms with Gasteiger partial charge < -0.3 is 10.8 Å². The Balaban J connectivity index is 0.000000257. The van der Waals surface area contributed by atoms with E-state index in [-0.39, 0.29) is 11.6 Å². The van der Waals surface area contributed by atoms with Crippen LogP contribution in [0.3, 0.4) is 0 Å². The maximum Gasteiger partial charge on any atom is 0.409 e. The molecule has 0 unspecified atom stereocenters. The van der Waals surface area contributed by atoms with E-state index in [0.29, 0.717) is 16.9 Å². The average Bonchev–Trinajstić information content (AvgIpc) is 2.46. The van der Waals surface area contributed by atoms with Crippen molar-refractivity contribution >= 4 is 29.0 Å². The van der Waals surface area contributed by atoms with E-state index in [1.165, 1.54) is 6.92 Å². The summed E-state index contributed by atoms with van der Waals surface area (Å²) >= 11 is 0. The van der Waals surface area contributed by atoms with Gasteiger partial charge in [-0.15, -0.1) is 0 Å². The summed E-state index contributed by atoms with van der Waals surface area (Å²) in [7, 11) is 0. The van der Waals surface area contributed by atoms with Gasteiger partial charge in [-0.1, -0.05) is 0 Å². The van der Waals surface area contributed by atoms with Crippen LogP contribution in [-0.2, 0) is 0 Å². The molecule has 0 spiro atoms. The largest absolute Gasteiger partial charge is 0.465 e. The highest BCUT2D eigenvalue weighted by atomic mass is 16.4.